The van der Waals surface area contributed by atoms with E-state index < -0.39 is 9.74 Å². The molecule has 37 heavy (non-hydrogen) atoms. The number of unbranched alkanes of at least 4 members (excludes halogenated alkanes) is 5. The highest BCUT2D eigenvalue weighted by molar-refractivity contribution is 9.10. The van der Waals surface area contributed by atoms with Crippen LogP contribution in [0.25, 0.3) is 0 Å². The summed E-state index contributed by atoms with van der Waals surface area (Å²) in [7, 11) is 0. The number of Topliss-reactive ketones (excluding diaryl/α,β-unsaturated/α-hetero) is 1. The van der Waals surface area contributed by atoms with Gasteiger partial charge in [0.1, 0.15) is 15.9 Å². The number of aryl methyl sites for hydroxylation is 1. The molecule has 6 nitrogen and oxygen atoms in total. The fourth-order valence-corrected chi connectivity index (χ4v) is 4.59. The molecule has 0 spiro atoms. The molecule has 0 radical (unpaired) electrons. The normalized spacial score (nSPS) is 13.4. The van der Waals surface area contributed by atoms with Gasteiger partial charge < -0.3 is 9.47 Å². The first-order valence-electron chi connectivity index (χ1n) is 13.1. The number of azo groups is 1. The predicted octanol–water partition coefficient (Wildman–Crippen LogP) is 8.83. The molecule has 0 aromatic heterocycles. The minimum atomic E-state index is -0.853. The number of rotatable bonds is 16. The Morgan fingerprint density at radius 3 is 1.81 bits per heavy atom. The summed E-state index contributed by atoms with van der Waals surface area (Å²) in [5.41, 5.74) is 2.25. The van der Waals surface area contributed by atoms with Gasteiger partial charge in [0.05, 0.1) is 24.6 Å². The first-order valence-corrected chi connectivity index (χ1v) is 13.9. The predicted molar refractivity (Wildman–Crippen MR) is 152 cm³/mol. The van der Waals surface area contributed by atoms with Crippen LogP contribution >= 0.6 is 15.9 Å². The van der Waals surface area contributed by atoms with Gasteiger partial charge in [0.2, 0.25) is 0 Å². The third-order valence-electron chi connectivity index (χ3n) is 6.34. The molecule has 0 saturated carbocycles. The number of esters is 1. The van der Waals surface area contributed by atoms with Crippen LogP contribution in [0.5, 0.6) is 5.75 Å². The van der Waals surface area contributed by atoms with Gasteiger partial charge in [-0.1, -0.05) is 73.2 Å². The van der Waals surface area contributed by atoms with Crippen molar-refractivity contribution in [3.05, 3.63) is 54.1 Å². The summed E-state index contributed by atoms with van der Waals surface area (Å²) in [4.78, 5) is 24.2. The minimum Gasteiger partial charge on any atom is -0.494 e. The SMILES string of the molecule is CC(=O)C(C)(C)CC(C)(Br)C(=O)OCCCCCCCCOc1ccc(N=Nc2ccc(C)cc2)cc1. The molecule has 1 atom stereocenters. The molecular weight excluding hydrogens is 532 g/mol. The molecule has 0 amide bonds. The minimum absolute atomic E-state index is 0.0612. The Morgan fingerprint density at radius 1 is 0.784 bits per heavy atom. The number of ketones is 1. The van der Waals surface area contributed by atoms with Crippen molar-refractivity contribution in [1.29, 1.82) is 0 Å². The number of halogens is 1. The van der Waals surface area contributed by atoms with Crippen LogP contribution in [0.3, 0.4) is 0 Å². The Kier molecular flexibility index (Phi) is 12.4. The number of benzene rings is 2. The average Bonchev–Trinajstić information content (AvgIpc) is 2.84. The fourth-order valence-electron chi connectivity index (χ4n) is 3.78. The van der Waals surface area contributed by atoms with Crippen molar-refractivity contribution < 1.29 is 19.1 Å². The molecule has 0 aliphatic rings. The van der Waals surface area contributed by atoms with Crippen molar-refractivity contribution in [2.45, 2.75) is 83.9 Å². The third-order valence-corrected chi connectivity index (χ3v) is 6.95. The smallest absolute Gasteiger partial charge is 0.322 e. The van der Waals surface area contributed by atoms with Crippen LogP contribution in [-0.2, 0) is 14.3 Å². The van der Waals surface area contributed by atoms with E-state index in [1.807, 2.05) is 69.3 Å². The molecule has 0 aliphatic heterocycles. The molecule has 0 N–H and O–H groups in total. The molecule has 0 heterocycles. The number of nitrogens with zero attached hydrogens (tertiary/aromatic N) is 2. The molecule has 0 fully saturated rings. The van der Waals surface area contributed by atoms with Gasteiger partial charge >= 0.3 is 5.97 Å². The van der Waals surface area contributed by atoms with E-state index in [1.165, 1.54) is 5.56 Å². The van der Waals surface area contributed by atoms with Crippen LogP contribution in [0.1, 0.15) is 78.2 Å². The van der Waals surface area contributed by atoms with E-state index in [9.17, 15) is 9.59 Å². The lowest BCUT2D eigenvalue weighted by atomic mass is 9.80. The summed E-state index contributed by atoms with van der Waals surface area (Å²) in [6.45, 7) is 10.2. The van der Waals surface area contributed by atoms with Gasteiger partial charge in [0, 0.05) is 5.41 Å². The van der Waals surface area contributed by atoms with E-state index in [-0.39, 0.29) is 11.8 Å². The summed E-state index contributed by atoms with van der Waals surface area (Å²) >= 11 is 3.46. The van der Waals surface area contributed by atoms with Gasteiger partial charge in [-0.25, -0.2) is 0 Å². The zero-order chi connectivity index (χ0) is 27.3. The quantitative estimate of drug-likeness (QED) is 0.0870. The number of carbonyl (C=O) groups excluding carboxylic acids is 2. The topological polar surface area (TPSA) is 77.3 Å². The van der Waals surface area contributed by atoms with Crippen LogP contribution in [0, 0.1) is 12.3 Å². The highest BCUT2D eigenvalue weighted by atomic mass is 79.9. The molecule has 1 unspecified atom stereocenters. The monoisotopic (exact) mass is 572 g/mol. The zero-order valence-electron chi connectivity index (χ0n) is 22.9. The summed E-state index contributed by atoms with van der Waals surface area (Å²) < 4.78 is 10.4. The number of hydrogen-bond donors (Lipinski definition) is 0. The number of hydrogen-bond acceptors (Lipinski definition) is 6. The van der Waals surface area contributed by atoms with Gasteiger partial charge in [-0.15, -0.1) is 0 Å². The highest BCUT2D eigenvalue weighted by Crippen LogP contribution is 2.35. The van der Waals surface area contributed by atoms with Gasteiger partial charge in [-0.3, -0.25) is 9.59 Å². The van der Waals surface area contributed by atoms with Crippen LogP contribution in [0.15, 0.2) is 58.8 Å². The number of carbonyl (C=O) groups is 2. The Hall–Kier alpha value is -2.54. The molecule has 2 rings (SSSR count). The van der Waals surface area contributed by atoms with E-state index in [0.717, 1.165) is 55.6 Å². The maximum absolute atomic E-state index is 12.4. The van der Waals surface area contributed by atoms with E-state index in [0.29, 0.717) is 19.6 Å². The second-order valence-electron chi connectivity index (χ2n) is 10.4. The van der Waals surface area contributed by atoms with Crippen molar-refractivity contribution in [1.82, 2.24) is 0 Å². The standard InChI is InChI=1S/C30H41BrN2O4/c1-23-12-14-25(15-13-23)32-33-26-16-18-27(19-17-26)36-20-10-8-6-7-9-11-21-37-28(35)30(5,31)22-29(3,4)24(2)34/h12-19H,6-11,20-22H2,1-5H3. The lowest BCUT2D eigenvalue weighted by Crippen LogP contribution is -2.38. The Balaban J connectivity index is 1.52. The molecule has 0 aliphatic carbocycles. The molecular formula is C30H41BrN2O4. The van der Waals surface area contributed by atoms with Gasteiger partial charge in [-0.05, 0) is 76.4 Å². The van der Waals surface area contributed by atoms with E-state index in [1.54, 1.807) is 13.8 Å². The molecule has 0 saturated heterocycles. The van der Waals surface area contributed by atoms with Crippen LogP contribution < -0.4 is 4.74 Å². The maximum atomic E-state index is 12.4. The van der Waals surface area contributed by atoms with Gasteiger partial charge in [0.15, 0.2) is 0 Å². The lowest BCUT2D eigenvalue weighted by molar-refractivity contribution is -0.147. The Bertz CT molecular complexity index is 1010. The zero-order valence-corrected chi connectivity index (χ0v) is 24.5. The number of alkyl halides is 1. The Morgan fingerprint density at radius 2 is 1.27 bits per heavy atom. The van der Waals surface area contributed by atoms with Crippen molar-refractivity contribution in [3.63, 3.8) is 0 Å². The fraction of sp³-hybridized carbons (Fsp3) is 0.533. The van der Waals surface area contributed by atoms with E-state index >= 15 is 0 Å². The molecule has 0 bridgehead atoms. The molecule has 2 aromatic rings. The third kappa shape index (κ3) is 11.6. The largest absolute Gasteiger partial charge is 0.494 e. The van der Waals surface area contributed by atoms with Crippen LogP contribution in [0.2, 0.25) is 0 Å². The van der Waals surface area contributed by atoms with Crippen molar-refractivity contribution >= 4 is 39.1 Å². The second kappa shape index (κ2) is 15.0. The maximum Gasteiger partial charge on any atom is 0.322 e. The second-order valence-corrected chi connectivity index (χ2v) is 12.2. The summed E-state index contributed by atoms with van der Waals surface area (Å²) in [6, 6.07) is 15.6. The van der Waals surface area contributed by atoms with E-state index in [4.69, 9.17) is 9.47 Å². The summed E-state index contributed by atoms with van der Waals surface area (Å²) in [5.74, 6) is 0.592. The first-order chi connectivity index (χ1) is 17.5. The van der Waals surface area contributed by atoms with E-state index in [2.05, 4.69) is 26.2 Å². The number of ether oxygens (including phenoxy) is 2. The highest BCUT2D eigenvalue weighted by Gasteiger charge is 2.39. The first kappa shape index (κ1) is 30.7. The van der Waals surface area contributed by atoms with Gasteiger partial charge in [0.25, 0.3) is 0 Å². The molecule has 2 aromatic carbocycles. The Labute approximate surface area is 230 Å². The van der Waals surface area contributed by atoms with Crippen molar-refractivity contribution in [2.24, 2.45) is 15.6 Å². The summed E-state index contributed by atoms with van der Waals surface area (Å²) in [5, 5.41) is 8.52. The van der Waals surface area contributed by atoms with Gasteiger partial charge in [-0.2, -0.15) is 10.2 Å². The molecule has 202 valence electrons. The molecule has 7 heteroatoms. The average molecular weight is 574 g/mol. The van der Waals surface area contributed by atoms with Crippen LogP contribution in [-0.4, -0.2) is 29.3 Å². The van der Waals surface area contributed by atoms with Crippen LogP contribution in [0.4, 0.5) is 11.4 Å². The van der Waals surface area contributed by atoms with Crippen molar-refractivity contribution in [3.8, 4) is 5.75 Å². The van der Waals surface area contributed by atoms with Crippen molar-refractivity contribution in [2.75, 3.05) is 13.2 Å². The lowest BCUT2D eigenvalue weighted by Gasteiger charge is -2.30. The summed E-state index contributed by atoms with van der Waals surface area (Å²) in [6.07, 6.45) is 6.58.